The fraction of sp³-hybridized carbons (Fsp3) is 0.500. The molecule has 0 heterocycles. The summed E-state index contributed by atoms with van der Waals surface area (Å²) >= 11 is 0. The predicted molar refractivity (Wildman–Crippen MR) is 81.2 cm³/mol. The van der Waals surface area contributed by atoms with E-state index in [0.717, 1.165) is 25.7 Å². The molecular weight excluding hydrogens is 270 g/mol. The Morgan fingerprint density at radius 2 is 1.38 bits per heavy atom. The van der Waals surface area contributed by atoms with Crippen LogP contribution in [0, 0.1) is 0 Å². The molecule has 2 N–H and O–H groups in total. The fourth-order valence-corrected chi connectivity index (χ4v) is 1.70. The molecule has 1 rings (SSSR count). The average Bonchev–Trinajstić information content (AvgIpc) is 2.47. The molecule has 1 aromatic carbocycles. The quantitative estimate of drug-likeness (QED) is 0.452. The van der Waals surface area contributed by atoms with E-state index in [4.69, 9.17) is 15.2 Å². The van der Waals surface area contributed by atoms with E-state index in [1.165, 1.54) is 0 Å². The Kier molecular flexibility index (Phi) is 7.29. The number of para-hydroxylation sites is 1. The van der Waals surface area contributed by atoms with Crippen molar-refractivity contribution in [1.29, 1.82) is 0 Å². The van der Waals surface area contributed by atoms with Gasteiger partial charge < -0.3 is 15.2 Å². The van der Waals surface area contributed by atoms with Gasteiger partial charge in [-0.05, 0) is 25.0 Å². The van der Waals surface area contributed by atoms with Gasteiger partial charge in [0.1, 0.15) is 0 Å². The van der Waals surface area contributed by atoms with Crippen LogP contribution < -0.4 is 5.73 Å². The van der Waals surface area contributed by atoms with Crippen LogP contribution in [-0.2, 0) is 9.47 Å². The van der Waals surface area contributed by atoms with E-state index in [1.807, 2.05) is 13.8 Å². The molecule has 116 valence electrons. The smallest absolute Gasteiger partial charge is 0.340 e. The standard InChI is InChI=1S/C16H23NO4/c1-3-5-10-20-15(18)12-8-7-9-13(14(12)17)16(19)21-11-6-4-2/h7-9H,3-6,10-11,17H2,1-2H3. The maximum Gasteiger partial charge on any atom is 0.340 e. The first-order chi connectivity index (χ1) is 10.1. The minimum absolute atomic E-state index is 0.112. The second kappa shape index (κ2) is 9.00. The molecule has 0 aliphatic heterocycles. The summed E-state index contributed by atoms with van der Waals surface area (Å²) in [7, 11) is 0. The van der Waals surface area contributed by atoms with Crippen LogP contribution >= 0.6 is 0 Å². The predicted octanol–water partition coefficient (Wildman–Crippen LogP) is 3.18. The van der Waals surface area contributed by atoms with E-state index in [-0.39, 0.29) is 16.8 Å². The van der Waals surface area contributed by atoms with Crippen LogP contribution in [0.1, 0.15) is 60.2 Å². The molecule has 0 bridgehead atoms. The topological polar surface area (TPSA) is 78.6 Å². The van der Waals surface area contributed by atoms with E-state index in [9.17, 15) is 9.59 Å². The summed E-state index contributed by atoms with van der Waals surface area (Å²) in [5.74, 6) is -1.02. The van der Waals surface area contributed by atoms with E-state index in [1.54, 1.807) is 18.2 Å². The third kappa shape index (κ3) is 5.10. The second-order valence-corrected chi connectivity index (χ2v) is 4.75. The molecule has 0 saturated carbocycles. The highest BCUT2D eigenvalue weighted by molar-refractivity contribution is 6.03. The Bertz CT molecular complexity index is 445. The third-order valence-electron chi connectivity index (χ3n) is 3.01. The van der Waals surface area contributed by atoms with Crippen molar-refractivity contribution in [2.24, 2.45) is 0 Å². The van der Waals surface area contributed by atoms with E-state index in [0.29, 0.717) is 13.2 Å². The zero-order valence-electron chi connectivity index (χ0n) is 12.7. The van der Waals surface area contributed by atoms with Gasteiger partial charge in [0, 0.05) is 0 Å². The molecule has 5 heteroatoms. The van der Waals surface area contributed by atoms with Gasteiger partial charge >= 0.3 is 11.9 Å². The maximum atomic E-state index is 11.9. The molecule has 1 aromatic rings. The first-order valence-corrected chi connectivity index (χ1v) is 7.34. The lowest BCUT2D eigenvalue weighted by molar-refractivity contribution is 0.0501. The number of nitrogens with two attached hydrogens (primary N) is 1. The van der Waals surface area contributed by atoms with Crippen molar-refractivity contribution < 1.29 is 19.1 Å². The number of hydrogen-bond acceptors (Lipinski definition) is 5. The van der Waals surface area contributed by atoms with E-state index in [2.05, 4.69) is 0 Å². The molecular formula is C16H23NO4. The number of rotatable bonds is 8. The van der Waals surface area contributed by atoms with Crippen molar-refractivity contribution in [1.82, 2.24) is 0 Å². The normalized spacial score (nSPS) is 10.2. The van der Waals surface area contributed by atoms with Gasteiger partial charge in [-0.15, -0.1) is 0 Å². The molecule has 0 fully saturated rings. The van der Waals surface area contributed by atoms with Crippen LogP contribution in [0.2, 0.25) is 0 Å². The number of esters is 2. The fourth-order valence-electron chi connectivity index (χ4n) is 1.70. The zero-order chi connectivity index (χ0) is 15.7. The summed E-state index contributed by atoms with van der Waals surface area (Å²) < 4.78 is 10.2. The van der Waals surface area contributed by atoms with Crippen molar-refractivity contribution >= 4 is 17.6 Å². The molecule has 0 unspecified atom stereocenters. The Morgan fingerprint density at radius 1 is 0.952 bits per heavy atom. The van der Waals surface area contributed by atoms with Crippen LogP contribution in [0.3, 0.4) is 0 Å². The highest BCUT2D eigenvalue weighted by Gasteiger charge is 2.18. The van der Waals surface area contributed by atoms with Crippen LogP contribution in [0.25, 0.3) is 0 Å². The average molecular weight is 293 g/mol. The number of unbranched alkanes of at least 4 members (excludes halogenated alkanes) is 2. The molecule has 0 spiro atoms. The number of nitrogen functional groups attached to an aromatic ring is 1. The SMILES string of the molecule is CCCCOC(=O)c1cccc(C(=O)OCCCC)c1N. The maximum absolute atomic E-state index is 11.9. The largest absolute Gasteiger partial charge is 0.462 e. The summed E-state index contributed by atoms with van der Waals surface area (Å²) in [6.07, 6.45) is 3.47. The monoisotopic (exact) mass is 293 g/mol. The number of benzene rings is 1. The van der Waals surface area contributed by atoms with Gasteiger partial charge in [-0.1, -0.05) is 32.8 Å². The Labute approximate surface area is 125 Å². The molecule has 0 aliphatic rings. The van der Waals surface area contributed by atoms with E-state index >= 15 is 0 Å². The molecule has 0 aromatic heterocycles. The summed E-state index contributed by atoms with van der Waals surface area (Å²) in [5, 5.41) is 0. The molecule has 21 heavy (non-hydrogen) atoms. The number of hydrogen-bond donors (Lipinski definition) is 1. The van der Waals surface area contributed by atoms with Crippen molar-refractivity contribution in [3.8, 4) is 0 Å². The van der Waals surface area contributed by atoms with Crippen LogP contribution in [0.5, 0.6) is 0 Å². The Balaban J connectivity index is 2.77. The zero-order valence-corrected chi connectivity index (χ0v) is 12.7. The molecule has 0 amide bonds. The minimum Gasteiger partial charge on any atom is -0.462 e. The summed E-state index contributed by atoms with van der Waals surface area (Å²) in [6.45, 7) is 4.71. The number of anilines is 1. The van der Waals surface area contributed by atoms with Crippen LogP contribution in [0.15, 0.2) is 18.2 Å². The van der Waals surface area contributed by atoms with E-state index < -0.39 is 11.9 Å². The van der Waals surface area contributed by atoms with Gasteiger partial charge in [-0.2, -0.15) is 0 Å². The molecule has 5 nitrogen and oxygen atoms in total. The Hall–Kier alpha value is -2.04. The van der Waals surface area contributed by atoms with Crippen molar-refractivity contribution in [2.45, 2.75) is 39.5 Å². The third-order valence-corrected chi connectivity index (χ3v) is 3.01. The lowest BCUT2D eigenvalue weighted by atomic mass is 10.1. The molecule has 0 aliphatic carbocycles. The minimum atomic E-state index is -0.510. The lowest BCUT2D eigenvalue weighted by Crippen LogP contribution is -2.14. The van der Waals surface area contributed by atoms with Gasteiger partial charge in [0.05, 0.1) is 30.0 Å². The van der Waals surface area contributed by atoms with Crippen LogP contribution in [-0.4, -0.2) is 25.2 Å². The highest BCUT2D eigenvalue weighted by atomic mass is 16.5. The summed E-state index contributed by atoms with van der Waals surface area (Å²) in [4.78, 5) is 23.8. The Morgan fingerprint density at radius 3 is 1.76 bits per heavy atom. The van der Waals surface area contributed by atoms with Crippen LogP contribution in [0.4, 0.5) is 5.69 Å². The molecule has 0 saturated heterocycles. The van der Waals surface area contributed by atoms with Gasteiger partial charge in [0.15, 0.2) is 0 Å². The van der Waals surface area contributed by atoms with Gasteiger partial charge in [-0.25, -0.2) is 9.59 Å². The molecule has 0 radical (unpaired) electrons. The first kappa shape index (κ1) is 17.0. The summed E-state index contributed by atoms with van der Waals surface area (Å²) in [6, 6.07) is 4.70. The van der Waals surface area contributed by atoms with Crippen molar-refractivity contribution in [3.05, 3.63) is 29.3 Å². The van der Waals surface area contributed by atoms with Crippen molar-refractivity contribution in [3.63, 3.8) is 0 Å². The lowest BCUT2D eigenvalue weighted by Gasteiger charge is -2.10. The van der Waals surface area contributed by atoms with Crippen molar-refractivity contribution in [2.75, 3.05) is 18.9 Å². The summed E-state index contributed by atoms with van der Waals surface area (Å²) in [5.41, 5.74) is 6.41. The number of carbonyl (C=O) groups excluding carboxylic acids is 2. The van der Waals surface area contributed by atoms with Gasteiger partial charge in [-0.3, -0.25) is 0 Å². The number of ether oxygens (including phenoxy) is 2. The van der Waals surface area contributed by atoms with Gasteiger partial charge in [0.25, 0.3) is 0 Å². The van der Waals surface area contributed by atoms with Gasteiger partial charge in [0.2, 0.25) is 0 Å². The number of carbonyl (C=O) groups is 2. The second-order valence-electron chi connectivity index (χ2n) is 4.75. The molecule has 0 atom stereocenters. The highest BCUT2D eigenvalue weighted by Crippen LogP contribution is 2.20. The first-order valence-electron chi connectivity index (χ1n) is 7.34.